The fraction of sp³-hybridized carbons (Fsp3) is 0.207. The highest BCUT2D eigenvalue weighted by Crippen LogP contribution is 2.35. The van der Waals surface area contributed by atoms with Gasteiger partial charge in [0, 0.05) is 42.0 Å². The molecule has 4 aromatic rings. The first-order valence-corrected chi connectivity index (χ1v) is 13.9. The SMILES string of the molecule is COc1ccc(S(=O)(=O)N(CCCc2cccnc2)c2ccc(Cl)cc2Cc2c(F)cccc2F)cc1OC. The maximum absolute atomic E-state index is 14.6. The summed E-state index contributed by atoms with van der Waals surface area (Å²) in [6.45, 7) is 0.0833. The molecule has 3 aromatic carbocycles. The second-order valence-corrected chi connectivity index (χ2v) is 11.0. The molecule has 0 aliphatic rings. The Kier molecular flexibility index (Phi) is 9.04. The van der Waals surface area contributed by atoms with Crippen molar-refractivity contribution in [1.82, 2.24) is 4.98 Å². The zero-order valence-corrected chi connectivity index (χ0v) is 23.0. The van der Waals surface area contributed by atoms with Crippen molar-refractivity contribution < 1.29 is 26.7 Å². The van der Waals surface area contributed by atoms with Crippen molar-refractivity contribution in [2.45, 2.75) is 24.2 Å². The Labute approximate surface area is 231 Å². The molecule has 1 heterocycles. The topological polar surface area (TPSA) is 68.7 Å². The molecule has 0 fully saturated rings. The van der Waals surface area contributed by atoms with E-state index in [9.17, 15) is 17.2 Å². The molecule has 4 rings (SSSR count). The van der Waals surface area contributed by atoms with Crippen LogP contribution < -0.4 is 13.8 Å². The van der Waals surface area contributed by atoms with Crippen LogP contribution in [0.15, 0.2) is 84.0 Å². The van der Waals surface area contributed by atoms with E-state index < -0.39 is 21.7 Å². The van der Waals surface area contributed by atoms with Crippen molar-refractivity contribution in [2.75, 3.05) is 25.1 Å². The lowest BCUT2D eigenvalue weighted by molar-refractivity contribution is 0.354. The average molecular weight is 573 g/mol. The number of hydrogen-bond acceptors (Lipinski definition) is 5. The molecule has 0 unspecified atom stereocenters. The summed E-state index contributed by atoms with van der Waals surface area (Å²) in [5.74, 6) is -0.834. The molecule has 39 heavy (non-hydrogen) atoms. The van der Waals surface area contributed by atoms with Crippen molar-refractivity contribution in [1.29, 1.82) is 0 Å². The van der Waals surface area contributed by atoms with E-state index in [1.54, 1.807) is 24.5 Å². The van der Waals surface area contributed by atoms with Crippen molar-refractivity contribution >= 4 is 27.3 Å². The Balaban J connectivity index is 1.79. The van der Waals surface area contributed by atoms with E-state index >= 15 is 0 Å². The summed E-state index contributed by atoms with van der Waals surface area (Å²) >= 11 is 6.26. The molecule has 0 atom stereocenters. The normalized spacial score (nSPS) is 11.3. The Morgan fingerprint density at radius 1 is 0.923 bits per heavy atom. The van der Waals surface area contributed by atoms with E-state index in [4.69, 9.17) is 21.1 Å². The number of pyridine rings is 1. The quantitative estimate of drug-likeness (QED) is 0.207. The molecule has 0 aliphatic heterocycles. The van der Waals surface area contributed by atoms with Gasteiger partial charge in [-0.05, 0) is 72.5 Å². The van der Waals surface area contributed by atoms with Gasteiger partial charge in [-0.15, -0.1) is 0 Å². The minimum atomic E-state index is -4.16. The molecule has 0 bridgehead atoms. The highest BCUT2D eigenvalue weighted by atomic mass is 35.5. The summed E-state index contributed by atoms with van der Waals surface area (Å²) in [5, 5.41) is 0.310. The Bertz CT molecular complexity index is 1530. The molecule has 0 spiro atoms. The molecule has 0 aliphatic carbocycles. The zero-order chi connectivity index (χ0) is 28.0. The second kappa shape index (κ2) is 12.4. The van der Waals surface area contributed by atoms with Crippen molar-refractivity contribution in [2.24, 2.45) is 0 Å². The van der Waals surface area contributed by atoms with E-state index in [-0.39, 0.29) is 34.9 Å². The van der Waals surface area contributed by atoms with E-state index in [1.807, 2.05) is 12.1 Å². The number of halogens is 3. The molecule has 0 radical (unpaired) electrons. The zero-order valence-electron chi connectivity index (χ0n) is 21.4. The van der Waals surface area contributed by atoms with Gasteiger partial charge >= 0.3 is 0 Å². The van der Waals surface area contributed by atoms with Crippen molar-refractivity contribution in [3.8, 4) is 11.5 Å². The highest BCUT2D eigenvalue weighted by molar-refractivity contribution is 7.92. The lowest BCUT2D eigenvalue weighted by Crippen LogP contribution is -2.33. The summed E-state index contributed by atoms with van der Waals surface area (Å²) < 4.78 is 69.2. The molecule has 204 valence electrons. The third kappa shape index (κ3) is 6.49. The van der Waals surface area contributed by atoms with E-state index in [1.165, 1.54) is 48.9 Å². The maximum atomic E-state index is 14.6. The fourth-order valence-corrected chi connectivity index (χ4v) is 6.03. The first-order chi connectivity index (χ1) is 18.7. The summed E-state index contributed by atoms with van der Waals surface area (Å²) in [6.07, 6.45) is 4.21. The van der Waals surface area contributed by atoms with Gasteiger partial charge in [0.2, 0.25) is 0 Å². The summed E-state index contributed by atoms with van der Waals surface area (Å²) in [5.41, 5.74) is 1.39. The molecular weight excluding hydrogens is 546 g/mol. The summed E-state index contributed by atoms with van der Waals surface area (Å²) in [6, 6.07) is 16.3. The van der Waals surface area contributed by atoms with Crippen LogP contribution in [0.5, 0.6) is 11.5 Å². The standard InChI is InChI=1S/C29H27ClF2N2O4S/c1-37-28-13-11-23(18-29(28)38-2)39(35,36)34(15-5-7-20-6-4-14-33-19-20)27-12-10-22(30)16-21(27)17-24-25(31)8-3-9-26(24)32/h3-4,6,8-14,16,18-19H,5,7,15,17H2,1-2H3. The molecule has 0 amide bonds. The third-order valence-electron chi connectivity index (χ3n) is 6.23. The Hall–Kier alpha value is -3.69. The number of nitrogens with zero attached hydrogens (tertiary/aromatic N) is 2. The molecule has 0 N–H and O–H groups in total. The minimum absolute atomic E-state index is 0.0282. The smallest absolute Gasteiger partial charge is 0.264 e. The number of ether oxygens (including phenoxy) is 2. The lowest BCUT2D eigenvalue weighted by atomic mass is 10.0. The van der Waals surface area contributed by atoms with Gasteiger partial charge in [0.15, 0.2) is 11.5 Å². The number of sulfonamides is 1. The van der Waals surface area contributed by atoms with Gasteiger partial charge in [0.25, 0.3) is 10.0 Å². The van der Waals surface area contributed by atoms with Crippen LogP contribution in [0.1, 0.15) is 23.1 Å². The van der Waals surface area contributed by atoms with Gasteiger partial charge < -0.3 is 9.47 Å². The number of anilines is 1. The van der Waals surface area contributed by atoms with Crippen LogP contribution >= 0.6 is 11.6 Å². The van der Waals surface area contributed by atoms with Gasteiger partial charge in [-0.25, -0.2) is 17.2 Å². The molecule has 1 aromatic heterocycles. The van der Waals surface area contributed by atoms with Gasteiger partial charge in [0.1, 0.15) is 11.6 Å². The van der Waals surface area contributed by atoms with Gasteiger partial charge in [-0.3, -0.25) is 9.29 Å². The number of aryl methyl sites for hydroxylation is 1. The number of benzene rings is 3. The van der Waals surface area contributed by atoms with Gasteiger partial charge in [-0.1, -0.05) is 23.7 Å². The molecule has 0 saturated carbocycles. The first kappa shape index (κ1) is 28.3. The fourth-order valence-electron chi connectivity index (χ4n) is 4.28. The van der Waals surface area contributed by atoms with E-state index in [0.717, 1.165) is 17.7 Å². The van der Waals surface area contributed by atoms with Crippen LogP contribution in [-0.4, -0.2) is 34.2 Å². The Morgan fingerprint density at radius 2 is 1.67 bits per heavy atom. The van der Waals surface area contributed by atoms with Crippen LogP contribution in [0.3, 0.4) is 0 Å². The summed E-state index contributed by atoms with van der Waals surface area (Å²) in [7, 11) is -1.29. The average Bonchev–Trinajstić information content (AvgIpc) is 2.93. The maximum Gasteiger partial charge on any atom is 0.264 e. The van der Waals surface area contributed by atoms with Crippen molar-refractivity contribution in [3.63, 3.8) is 0 Å². The van der Waals surface area contributed by atoms with E-state index in [2.05, 4.69) is 4.98 Å². The molecule has 6 nitrogen and oxygen atoms in total. The number of rotatable bonds is 11. The van der Waals surface area contributed by atoms with Crippen LogP contribution in [-0.2, 0) is 22.9 Å². The number of methoxy groups -OCH3 is 2. The number of aromatic nitrogens is 1. The van der Waals surface area contributed by atoms with Gasteiger partial charge in [-0.2, -0.15) is 0 Å². The van der Waals surface area contributed by atoms with Crippen LogP contribution in [0.4, 0.5) is 14.5 Å². The molecule has 10 heteroatoms. The largest absolute Gasteiger partial charge is 0.493 e. The predicted octanol–water partition coefficient (Wildman–Crippen LogP) is 6.45. The molecule has 0 saturated heterocycles. The third-order valence-corrected chi connectivity index (χ3v) is 8.28. The monoisotopic (exact) mass is 572 g/mol. The second-order valence-electron chi connectivity index (χ2n) is 8.71. The highest BCUT2D eigenvalue weighted by Gasteiger charge is 2.28. The minimum Gasteiger partial charge on any atom is -0.493 e. The van der Waals surface area contributed by atoms with Crippen LogP contribution in [0.2, 0.25) is 5.02 Å². The van der Waals surface area contributed by atoms with Gasteiger partial charge in [0.05, 0.1) is 24.8 Å². The number of hydrogen-bond donors (Lipinski definition) is 0. The van der Waals surface area contributed by atoms with E-state index in [0.29, 0.717) is 29.2 Å². The van der Waals surface area contributed by atoms with Crippen molar-refractivity contribution in [3.05, 3.63) is 112 Å². The summed E-state index contributed by atoms with van der Waals surface area (Å²) in [4.78, 5) is 4.09. The van der Waals surface area contributed by atoms with Crippen LogP contribution in [0.25, 0.3) is 0 Å². The van der Waals surface area contributed by atoms with Crippen LogP contribution in [0, 0.1) is 11.6 Å². The molecular formula is C29H27ClF2N2O4S. The first-order valence-electron chi connectivity index (χ1n) is 12.1. The Morgan fingerprint density at radius 3 is 2.33 bits per heavy atom. The predicted molar refractivity (Wildman–Crippen MR) is 147 cm³/mol. The lowest BCUT2D eigenvalue weighted by Gasteiger charge is -2.27.